The summed E-state index contributed by atoms with van der Waals surface area (Å²) in [6.07, 6.45) is 0. The van der Waals surface area contributed by atoms with Crippen LogP contribution in [0.5, 0.6) is 57.5 Å². The Balaban J connectivity index is 1.09. The number of phenolic OH excluding ortho intramolecular Hbond substituents is 10. The van der Waals surface area contributed by atoms with Crippen molar-refractivity contribution in [2.75, 3.05) is 4.90 Å². The molecule has 1 spiro atoms. The Morgan fingerprint density at radius 3 is 1.45 bits per heavy atom. The highest BCUT2D eigenvalue weighted by molar-refractivity contribution is 6.10. The number of anilines is 3. The summed E-state index contributed by atoms with van der Waals surface area (Å²) in [5.74, 6) is -10.4. The maximum atomic E-state index is 11.8. The fourth-order valence-corrected chi connectivity index (χ4v) is 11.3. The van der Waals surface area contributed by atoms with Crippen LogP contribution in [-0.4, -0.2) is 51.1 Å². The van der Waals surface area contributed by atoms with Crippen molar-refractivity contribution < 1.29 is 55.5 Å². The number of hydrogen-bond acceptors (Lipinski definition) is 12. The van der Waals surface area contributed by atoms with Gasteiger partial charge in [0.2, 0.25) is 34.5 Å². The van der Waals surface area contributed by atoms with Crippen molar-refractivity contribution in [3.05, 3.63) is 186 Å². The van der Waals surface area contributed by atoms with E-state index in [1.54, 1.807) is 30.3 Å². The second-order valence-corrected chi connectivity index (χ2v) is 17.9. The normalized spacial score (nSPS) is 12.9. The molecule has 0 atom stereocenters. The van der Waals surface area contributed by atoms with Gasteiger partial charge in [0.05, 0.1) is 16.7 Å². The van der Waals surface area contributed by atoms with Crippen LogP contribution in [0.25, 0.3) is 77.2 Å². The van der Waals surface area contributed by atoms with Crippen LogP contribution in [0.4, 0.5) is 17.1 Å². The maximum Gasteiger partial charge on any atom is 0.208 e. The van der Waals surface area contributed by atoms with Gasteiger partial charge in [-0.15, -0.1) is 0 Å². The molecular formula is C59H37NO11. The third-order valence-corrected chi connectivity index (χ3v) is 14.4. The highest BCUT2D eigenvalue weighted by Crippen LogP contribution is 2.65. The molecule has 11 aromatic rings. The molecule has 1 heterocycles. The quantitative estimate of drug-likeness (QED) is 0.0576. The number of phenols is 10. The summed E-state index contributed by atoms with van der Waals surface area (Å²) < 4.78 is 6.19. The first-order chi connectivity index (χ1) is 34.4. The summed E-state index contributed by atoms with van der Waals surface area (Å²) in [4.78, 5) is 1.42. The molecule has 0 saturated carbocycles. The zero-order chi connectivity index (χ0) is 48.8. The van der Waals surface area contributed by atoms with Crippen LogP contribution in [0.1, 0.15) is 22.3 Å². The molecule has 0 unspecified atom stereocenters. The summed E-state index contributed by atoms with van der Waals surface area (Å²) in [7, 11) is 0. The highest BCUT2D eigenvalue weighted by Gasteiger charge is 2.52. The molecule has 344 valence electrons. The van der Waals surface area contributed by atoms with E-state index in [9.17, 15) is 51.1 Å². The molecule has 12 nitrogen and oxygen atoms in total. The summed E-state index contributed by atoms with van der Waals surface area (Å²) in [5, 5.41) is 113. The van der Waals surface area contributed by atoms with Crippen LogP contribution in [0.15, 0.2) is 168 Å². The SMILES string of the molecule is Oc1c(O)c(O)c(-c2ccc(N(c3ccc4c(c3)C3(c5ccccc5-c5ccccc53)c3cc(-c5ccc6oc7ccccc7c6c5)ccc3-4)c3c(O)c(O)c(O)c(O)c3O)c3ccccc23)c(O)c1O. The van der Waals surface area contributed by atoms with Crippen molar-refractivity contribution in [3.8, 4) is 102 Å². The average Bonchev–Trinajstić information content (AvgIpc) is 4.04. The van der Waals surface area contributed by atoms with Crippen LogP contribution in [0.2, 0.25) is 0 Å². The number of rotatable bonds is 5. The molecule has 0 saturated heterocycles. The number of aromatic hydroxyl groups is 10. The molecule has 0 aliphatic heterocycles. The van der Waals surface area contributed by atoms with Gasteiger partial charge in [-0.1, -0.05) is 121 Å². The van der Waals surface area contributed by atoms with E-state index >= 15 is 0 Å². The Labute approximate surface area is 402 Å². The van der Waals surface area contributed by atoms with E-state index < -0.39 is 74.2 Å². The minimum Gasteiger partial charge on any atom is -0.504 e. The number of furan rings is 1. The van der Waals surface area contributed by atoms with Crippen LogP contribution < -0.4 is 4.90 Å². The molecule has 2 aliphatic carbocycles. The van der Waals surface area contributed by atoms with Gasteiger partial charge in [-0.25, -0.2) is 0 Å². The lowest BCUT2D eigenvalue weighted by Gasteiger charge is -2.33. The largest absolute Gasteiger partial charge is 0.504 e. The van der Waals surface area contributed by atoms with Gasteiger partial charge in [0.1, 0.15) is 16.9 Å². The Morgan fingerprint density at radius 2 is 0.789 bits per heavy atom. The predicted octanol–water partition coefficient (Wildman–Crippen LogP) is 12.9. The van der Waals surface area contributed by atoms with Crippen molar-refractivity contribution in [1.82, 2.24) is 0 Å². The molecule has 1 aromatic heterocycles. The Morgan fingerprint density at radius 1 is 0.324 bits per heavy atom. The van der Waals surface area contributed by atoms with Crippen LogP contribution in [0, 0.1) is 0 Å². The molecule has 2 aliphatic rings. The van der Waals surface area contributed by atoms with E-state index in [0.717, 1.165) is 77.6 Å². The second-order valence-electron chi connectivity index (χ2n) is 17.9. The molecule has 0 amide bonds. The van der Waals surface area contributed by atoms with E-state index in [4.69, 9.17) is 4.42 Å². The first-order valence-corrected chi connectivity index (χ1v) is 22.5. The van der Waals surface area contributed by atoms with Gasteiger partial charge in [0.25, 0.3) is 0 Å². The Bertz CT molecular complexity index is 4050. The summed E-state index contributed by atoms with van der Waals surface area (Å²) in [6, 6.07) is 52.4. The van der Waals surface area contributed by atoms with Gasteiger partial charge in [-0.3, -0.25) is 0 Å². The number of hydrogen-bond donors (Lipinski definition) is 10. The van der Waals surface area contributed by atoms with Gasteiger partial charge in [0.15, 0.2) is 23.0 Å². The van der Waals surface area contributed by atoms with E-state index in [-0.39, 0.29) is 11.3 Å². The topological polar surface area (TPSA) is 219 Å². The highest BCUT2D eigenvalue weighted by atomic mass is 16.4. The first kappa shape index (κ1) is 41.3. The first-order valence-electron chi connectivity index (χ1n) is 22.5. The lowest BCUT2D eigenvalue weighted by Crippen LogP contribution is -2.26. The fourth-order valence-electron chi connectivity index (χ4n) is 11.3. The molecule has 71 heavy (non-hydrogen) atoms. The number of benzene rings is 10. The molecule has 0 bridgehead atoms. The molecule has 10 N–H and O–H groups in total. The number of para-hydroxylation sites is 1. The predicted molar refractivity (Wildman–Crippen MR) is 270 cm³/mol. The number of nitrogens with zero attached hydrogens (tertiary/aromatic N) is 1. The fraction of sp³-hybridized carbons (Fsp3) is 0.0169. The van der Waals surface area contributed by atoms with E-state index in [0.29, 0.717) is 16.5 Å². The molecular weight excluding hydrogens is 899 g/mol. The van der Waals surface area contributed by atoms with E-state index in [1.165, 1.54) is 17.0 Å². The van der Waals surface area contributed by atoms with Crippen molar-refractivity contribution in [2.24, 2.45) is 0 Å². The van der Waals surface area contributed by atoms with Crippen molar-refractivity contribution in [1.29, 1.82) is 0 Å². The molecule has 0 radical (unpaired) electrons. The van der Waals surface area contributed by atoms with Gasteiger partial charge in [-0.2, -0.15) is 0 Å². The van der Waals surface area contributed by atoms with Crippen molar-refractivity contribution in [2.45, 2.75) is 5.41 Å². The van der Waals surface area contributed by atoms with Crippen molar-refractivity contribution in [3.63, 3.8) is 0 Å². The minimum absolute atomic E-state index is 0.0909. The third-order valence-electron chi connectivity index (χ3n) is 14.4. The zero-order valence-corrected chi connectivity index (χ0v) is 36.9. The molecule has 12 heteroatoms. The van der Waals surface area contributed by atoms with Crippen LogP contribution >= 0.6 is 0 Å². The molecule has 13 rings (SSSR count). The van der Waals surface area contributed by atoms with Gasteiger partial charge >= 0.3 is 0 Å². The van der Waals surface area contributed by atoms with Gasteiger partial charge in [0, 0.05) is 21.8 Å². The smallest absolute Gasteiger partial charge is 0.208 e. The average molecular weight is 936 g/mol. The second kappa shape index (κ2) is 14.5. The van der Waals surface area contributed by atoms with E-state index in [2.05, 4.69) is 54.6 Å². The van der Waals surface area contributed by atoms with E-state index in [1.807, 2.05) is 66.7 Å². The standard InChI is InChI=1S/C59H37NO11/c61-49-47(50(62)54(66)57(69)53(49)65)38-22-23-44(36-12-2-1-9-31(36)38)60(48-51(63)55(67)58(70)56(68)52(48)64)30-19-21-35-34-20-17-29(28-18-24-46-39(25-28)37-13-5-8-16-45(37)71-46)26-42(34)59(43(35)27-30)40-14-6-3-10-32(40)33-11-4-7-15-41(33)59/h1-27,61-70H. The minimum atomic E-state index is -1.15. The lowest BCUT2D eigenvalue weighted by molar-refractivity contribution is 0.329. The maximum absolute atomic E-state index is 11.8. The summed E-state index contributed by atoms with van der Waals surface area (Å²) >= 11 is 0. The summed E-state index contributed by atoms with van der Waals surface area (Å²) in [5.41, 5.74) is 10.0. The summed E-state index contributed by atoms with van der Waals surface area (Å²) in [6.45, 7) is 0. The van der Waals surface area contributed by atoms with Gasteiger partial charge < -0.3 is 60.4 Å². The van der Waals surface area contributed by atoms with Crippen LogP contribution in [-0.2, 0) is 5.41 Å². The van der Waals surface area contributed by atoms with Gasteiger partial charge in [-0.05, 0) is 109 Å². The molecule has 0 fully saturated rings. The van der Waals surface area contributed by atoms with Crippen molar-refractivity contribution >= 4 is 49.8 Å². The lowest BCUT2D eigenvalue weighted by atomic mass is 9.70. The third kappa shape index (κ3) is 5.38. The zero-order valence-electron chi connectivity index (χ0n) is 36.9. The Kier molecular flexibility index (Phi) is 8.45. The monoisotopic (exact) mass is 935 g/mol. The van der Waals surface area contributed by atoms with Crippen LogP contribution in [0.3, 0.4) is 0 Å². The Hall–Kier alpha value is -9.94. The number of fused-ring (bicyclic) bond motifs is 14. The molecule has 10 aromatic carbocycles.